The van der Waals surface area contributed by atoms with Crippen molar-refractivity contribution in [3.8, 4) is 6.07 Å². The maximum atomic E-state index is 12.2. The molecule has 1 aliphatic carbocycles. The van der Waals surface area contributed by atoms with Gasteiger partial charge in [-0.05, 0) is 43.6 Å². The normalized spacial score (nSPS) is 23.8. The number of ether oxygens (including phenoxy) is 1. The van der Waals surface area contributed by atoms with Crippen molar-refractivity contribution < 1.29 is 9.53 Å². The predicted octanol–water partition coefficient (Wildman–Crippen LogP) is 3.64. The maximum Gasteiger partial charge on any atom is 0.254 e. The summed E-state index contributed by atoms with van der Waals surface area (Å²) in [5, 5.41) is 13.2. The zero-order valence-corrected chi connectivity index (χ0v) is 13.8. The molecule has 1 saturated heterocycles. The fourth-order valence-electron chi connectivity index (χ4n) is 3.49. The van der Waals surface area contributed by atoms with Crippen molar-refractivity contribution >= 4 is 22.2 Å². The van der Waals surface area contributed by atoms with Crippen LogP contribution in [0.1, 0.15) is 55.0 Å². The third kappa shape index (κ3) is 3.04. The van der Waals surface area contributed by atoms with E-state index in [1.54, 1.807) is 11.3 Å². The minimum Gasteiger partial charge on any atom is -0.368 e. The number of carbonyl (C=O) groups is 1. The van der Waals surface area contributed by atoms with Crippen LogP contribution in [0.2, 0.25) is 0 Å². The van der Waals surface area contributed by atoms with Crippen molar-refractivity contribution in [1.82, 2.24) is 0 Å². The molecule has 1 fully saturated rings. The number of anilines is 1. The SMILES string of the molecule is CCCC1CCc2c(sc(NC(=O)C3CCCO3)c2C#N)C1. The van der Waals surface area contributed by atoms with Gasteiger partial charge in [0.05, 0.1) is 5.56 Å². The number of nitrogens with zero attached hydrogens (tertiary/aromatic N) is 1. The second-order valence-electron chi connectivity index (χ2n) is 6.21. The van der Waals surface area contributed by atoms with E-state index in [4.69, 9.17) is 4.74 Å². The minimum atomic E-state index is -0.349. The van der Waals surface area contributed by atoms with Gasteiger partial charge in [0.25, 0.3) is 5.91 Å². The van der Waals surface area contributed by atoms with Gasteiger partial charge in [-0.25, -0.2) is 0 Å². The van der Waals surface area contributed by atoms with Gasteiger partial charge in [0.15, 0.2) is 0 Å². The fourth-order valence-corrected chi connectivity index (χ4v) is 4.81. The average Bonchev–Trinajstić information content (AvgIpc) is 3.14. The van der Waals surface area contributed by atoms with Crippen LogP contribution in [0.25, 0.3) is 0 Å². The highest BCUT2D eigenvalue weighted by Gasteiger charge is 2.28. The number of hydrogen-bond acceptors (Lipinski definition) is 4. The highest BCUT2D eigenvalue weighted by atomic mass is 32.1. The molecule has 1 aromatic heterocycles. The van der Waals surface area contributed by atoms with Crippen LogP contribution in [0.5, 0.6) is 0 Å². The van der Waals surface area contributed by atoms with Crippen LogP contribution in [0.15, 0.2) is 0 Å². The van der Waals surface area contributed by atoms with Crippen LogP contribution in [0.3, 0.4) is 0 Å². The molecule has 0 aromatic carbocycles. The van der Waals surface area contributed by atoms with Crippen LogP contribution in [0.4, 0.5) is 5.00 Å². The Bertz CT molecular complexity index is 597. The Morgan fingerprint density at radius 2 is 2.36 bits per heavy atom. The molecule has 0 radical (unpaired) electrons. The lowest BCUT2D eigenvalue weighted by molar-refractivity contribution is -0.124. The summed E-state index contributed by atoms with van der Waals surface area (Å²) in [6.07, 6.45) is 6.99. The van der Waals surface area contributed by atoms with Gasteiger partial charge in [0.1, 0.15) is 17.2 Å². The van der Waals surface area contributed by atoms with Gasteiger partial charge in [-0.15, -0.1) is 11.3 Å². The van der Waals surface area contributed by atoms with Crippen LogP contribution < -0.4 is 5.32 Å². The predicted molar refractivity (Wildman–Crippen MR) is 87.1 cm³/mol. The van der Waals surface area contributed by atoms with E-state index in [1.807, 2.05) is 0 Å². The summed E-state index contributed by atoms with van der Waals surface area (Å²) in [4.78, 5) is 13.5. The molecule has 0 spiro atoms. The number of hydrogen-bond donors (Lipinski definition) is 1. The molecular weight excluding hydrogens is 296 g/mol. The van der Waals surface area contributed by atoms with E-state index >= 15 is 0 Å². The summed E-state index contributed by atoms with van der Waals surface area (Å²) in [5.41, 5.74) is 1.85. The van der Waals surface area contributed by atoms with Gasteiger partial charge in [0, 0.05) is 11.5 Å². The number of thiophene rings is 1. The zero-order chi connectivity index (χ0) is 15.5. The Balaban J connectivity index is 1.77. The van der Waals surface area contributed by atoms with Crippen molar-refractivity contribution in [1.29, 1.82) is 5.26 Å². The van der Waals surface area contributed by atoms with Gasteiger partial charge >= 0.3 is 0 Å². The molecular formula is C17H22N2O2S. The number of carbonyl (C=O) groups excluding carboxylic acids is 1. The Hall–Kier alpha value is -1.38. The summed E-state index contributed by atoms with van der Waals surface area (Å²) in [7, 11) is 0. The minimum absolute atomic E-state index is 0.0993. The van der Waals surface area contributed by atoms with E-state index in [-0.39, 0.29) is 12.0 Å². The van der Waals surface area contributed by atoms with Crippen LogP contribution in [-0.2, 0) is 22.4 Å². The van der Waals surface area contributed by atoms with E-state index in [9.17, 15) is 10.1 Å². The largest absolute Gasteiger partial charge is 0.368 e. The van der Waals surface area contributed by atoms with Crippen molar-refractivity contribution in [2.75, 3.05) is 11.9 Å². The molecule has 1 amide bonds. The molecule has 118 valence electrons. The van der Waals surface area contributed by atoms with E-state index in [2.05, 4.69) is 18.3 Å². The fraction of sp³-hybridized carbons (Fsp3) is 0.647. The van der Waals surface area contributed by atoms with Crippen molar-refractivity contribution in [3.05, 3.63) is 16.0 Å². The van der Waals surface area contributed by atoms with Gasteiger partial charge in [0.2, 0.25) is 0 Å². The summed E-state index contributed by atoms with van der Waals surface area (Å²) in [6.45, 7) is 2.88. The van der Waals surface area contributed by atoms with E-state index in [0.29, 0.717) is 12.2 Å². The van der Waals surface area contributed by atoms with Crippen LogP contribution in [0, 0.1) is 17.2 Å². The Morgan fingerprint density at radius 1 is 1.50 bits per heavy atom. The first-order chi connectivity index (χ1) is 10.7. The van der Waals surface area contributed by atoms with E-state index in [0.717, 1.165) is 43.0 Å². The highest BCUT2D eigenvalue weighted by molar-refractivity contribution is 7.16. The van der Waals surface area contributed by atoms with E-state index < -0.39 is 0 Å². The topological polar surface area (TPSA) is 62.1 Å². The molecule has 3 rings (SSSR count). The van der Waals surface area contributed by atoms with Crippen LogP contribution >= 0.6 is 11.3 Å². The second-order valence-corrected chi connectivity index (χ2v) is 7.31. The summed E-state index contributed by atoms with van der Waals surface area (Å²) < 4.78 is 5.42. The second kappa shape index (κ2) is 6.80. The third-order valence-electron chi connectivity index (χ3n) is 4.63. The maximum absolute atomic E-state index is 12.2. The summed E-state index contributed by atoms with van der Waals surface area (Å²) in [5.74, 6) is 0.627. The molecule has 4 nitrogen and oxygen atoms in total. The van der Waals surface area contributed by atoms with E-state index in [1.165, 1.54) is 23.3 Å². The smallest absolute Gasteiger partial charge is 0.254 e. The quantitative estimate of drug-likeness (QED) is 0.922. The first-order valence-electron chi connectivity index (χ1n) is 8.20. The van der Waals surface area contributed by atoms with Gasteiger partial charge < -0.3 is 10.1 Å². The molecule has 1 aromatic rings. The molecule has 2 aliphatic rings. The molecule has 5 heteroatoms. The molecule has 1 N–H and O–H groups in total. The molecule has 2 atom stereocenters. The molecule has 0 saturated carbocycles. The van der Waals surface area contributed by atoms with Crippen molar-refractivity contribution in [2.24, 2.45) is 5.92 Å². The highest BCUT2D eigenvalue weighted by Crippen LogP contribution is 2.40. The zero-order valence-electron chi connectivity index (χ0n) is 13.0. The van der Waals surface area contributed by atoms with Crippen molar-refractivity contribution in [3.63, 3.8) is 0 Å². The lowest BCUT2D eigenvalue weighted by atomic mass is 9.85. The lowest BCUT2D eigenvalue weighted by Gasteiger charge is -2.21. The first kappa shape index (κ1) is 15.5. The molecule has 2 heterocycles. The third-order valence-corrected chi connectivity index (χ3v) is 5.80. The average molecular weight is 318 g/mol. The number of nitriles is 1. The monoisotopic (exact) mass is 318 g/mol. The standard InChI is InChI=1S/C17H22N2O2S/c1-2-4-11-6-7-12-13(10-18)17(22-15(12)9-11)19-16(20)14-5-3-8-21-14/h11,14H,2-9H2,1H3,(H,19,20). The Kier molecular flexibility index (Phi) is 4.80. The van der Waals surface area contributed by atoms with Crippen molar-refractivity contribution in [2.45, 2.75) is 58.0 Å². The number of amides is 1. The number of nitrogens with one attached hydrogen (secondary N) is 1. The summed E-state index contributed by atoms with van der Waals surface area (Å²) >= 11 is 1.59. The lowest BCUT2D eigenvalue weighted by Crippen LogP contribution is -2.26. The molecule has 0 bridgehead atoms. The number of rotatable bonds is 4. The van der Waals surface area contributed by atoms with Gasteiger partial charge in [-0.3, -0.25) is 4.79 Å². The molecule has 22 heavy (non-hydrogen) atoms. The first-order valence-corrected chi connectivity index (χ1v) is 9.01. The molecule has 2 unspecified atom stereocenters. The van der Waals surface area contributed by atoms with Crippen LogP contribution in [-0.4, -0.2) is 18.6 Å². The van der Waals surface area contributed by atoms with Gasteiger partial charge in [-0.1, -0.05) is 19.8 Å². The Labute approximate surface area is 135 Å². The van der Waals surface area contributed by atoms with Gasteiger partial charge in [-0.2, -0.15) is 5.26 Å². The summed E-state index contributed by atoms with van der Waals surface area (Å²) in [6, 6.07) is 2.30. The Morgan fingerprint density at radius 3 is 3.05 bits per heavy atom. The number of fused-ring (bicyclic) bond motifs is 1. The molecule has 1 aliphatic heterocycles.